The number of hydrogen-bond donors (Lipinski definition) is 2. The molecular weight excluding hydrogens is 488 g/mol. The minimum Gasteiger partial charge on any atom is -0.396 e. The Kier molecular flexibility index (Phi) is 8.39. The number of aliphatic hydroxyl groups is 2. The molecule has 5 aliphatic rings. The predicted octanol–water partition coefficient (Wildman–Crippen LogP) is 2.62. The molecule has 0 amide bonds. The zero-order valence-corrected chi connectivity index (χ0v) is 21.5. The van der Waals surface area contributed by atoms with Crippen LogP contribution in [0.1, 0.15) is 31.2 Å². The molecule has 1 aromatic carbocycles. The summed E-state index contributed by atoms with van der Waals surface area (Å²) >= 11 is 0. The molecule has 2 saturated heterocycles. The third-order valence-electron chi connectivity index (χ3n) is 8.12. The first-order chi connectivity index (χ1) is 18.7. The number of ether oxygens (including phenoxy) is 6. The van der Waals surface area contributed by atoms with Crippen molar-refractivity contribution in [2.75, 3.05) is 13.2 Å². The summed E-state index contributed by atoms with van der Waals surface area (Å²) < 4.78 is 38.9. The van der Waals surface area contributed by atoms with Crippen LogP contribution in [0.2, 0.25) is 0 Å². The van der Waals surface area contributed by atoms with Gasteiger partial charge in [-0.15, -0.1) is 0 Å². The van der Waals surface area contributed by atoms with E-state index in [0.29, 0.717) is 32.5 Å². The van der Waals surface area contributed by atoms with E-state index in [4.69, 9.17) is 28.4 Å². The van der Waals surface area contributed by atoms with Crippen molar-refractivity contribution in [3.8, 4) is 0 Å². The Labute approximate surface area is 223 Å². The Morgan fingerprint density at radius 2 is 1.58 bits per heavy atom. The molecule has 0 aromatic heterocycles. The maximum Gasteiger partial charge on any atom is 0.115 e. The van der Waals surface area contributed by atoms with Crippen molar-refractivity contribution in [2.45, 2.75) is 99.4 Å². The SMILES string of the molecule is OCC[C@H]1O[C@H]2C=C[C@H]3O[C@H]4[C@H](OCc5ccccc5)[C@H]5OCC=CC[C@@H]5O[C@@H]4C[C@@H]3O[C@@H]2C/C=C\[C@@H]1O. The maximum absolute atomic E-state index is 10.4. The third kappa shape index (κ3) is 5.69. The van der Waals surface area contributed by atoms with Crippen LogP contribution in [0.15, 0.2) is 66.8 Å². The molecule has 0 spiro atoms. The molecule has 8 nitrogen and oxygen atoms in total. The smallest absolute Gasteiger partial charge is 0.115 e. The highest BCUT2D eigenvalue weighted by Gasteiger charge is 2.53. The Hall–Kier alpha value is -1.88. The summed E-state index contributed by atoms with van der Waals surface area (Å²) in [7, 11) is 0. The van der Waals surface area contributed by atoms with E-state index in [9.17, 15) is 10.2 Å². The molecule has 0 saturated carbocycles. The van der Waals surface area contributed by atoms with Crippen LogP contribution in [-0.2, 0) is 35.0 Å². The number of hydrogen-bond acceptors (Lipinski definition) is 8. The van der Waals surface area contributed by atoms with E-state index in [-0.39, 0.29) is 61.5 Å². The molecule has 5 aliphatic heterocycles. The Balaban J connectivity index is 1.22. The van der Waals surface area contributed by atoms with Crippen molar-refractivity contribution in [2.24, 2.45) is 0 Å². The normalized spacial score (nSPS) is 43.3. The lowest BCUT2D eigenvalue weighted by molar-refractivity contribution is -0.295. The number of rotatable bonds is 5. The van der Waals surface area contributed by atoms with Crippen molar-refractivity contribution < 1.29 is 38.6 Å². The monoisotopic (exact) mass is 526 g/mol. The molecule has 2 fully saturated rings. The second kappa shape index (κ2) is 12.1. The van der Waals surface area contributed by atoms with Crippen LogP contribution in [0, 0.1) is 0 Å². The summed E-state index contributed by atoms with van der Waals surface area (Å²) in [5.41, 5.74) is 1.10. The largest absolute Gasteiger partial charge is 0.396 e. The minimum absolute atomic E-state index is 0.0590. The molecule has 0 aliphatic carbocycles. The molecule has 0 radical (unpaired) electrons. The first-order valence-corrected chi connectivity index (χ1v) is 13.9. The van der Waals surface area contributed by atoms with Gasteiger partial charge in [0, 0.05) is 13.0 Å². The van der Waals surface area contributed by atoms with E-state index >= 15 is 0 Å². The highest BCUT2D eigenvalue weighted by Crippen LogP contribution is 2.40. The van der Waals surface area contributed by atoms with Gasteiger partial charge < -0.3 is 38.6 Å². The van der Waals surface area contributed by atoms with Crippen molar-refractivity contribution in [3.05, 3.63) is 72.4 Å². The van der Waals surface area contributed by atoms with Crippen LogP contribution in [0.25, 0.3) is 0 Å². The molecule has 206 valence electrons. The van der Waals surface area contributed by atoms with E-state index in [1.807, 2.05) is 42.5 Å². The van der Waals surface area contributed by atoms with Crippen molar-refractivity contribution in [1.82, 2.24) is 0 Å². The topological polar surface area (TPSA) is 95.8 Å². The summed E-state index contributed by atoms with van der Waals surface area (Å²) in [6.45, 7) is 0.936. The maximum atomic E-state index is 10.4. The second-order valence-electron chi connectivity index (χ2n) is 10.7. The average Bonchev–Trinajstić information content (AvgIpc) is 3.26. The molecule has 11 atom stereocenters. The average molecular weight is 527 g/mol. The van der Waals surface area contributed by atoms with Gasteiger partial charge in [0.15, 0.2) is 0 Å². The fourth-order valence-electron chi connectivity index (χ4n) is 6.18. The Bertz CT molecular complexity index is 995. The van der Waals surface area contributed by atoms with Crippen molar-refractivity contribution >= 4 is 0 Å². The Morgan fingerprint density at radius 1 is 0.789 bits per heavy atom. The van der Waals surface area contributed by atoms with Gasteiger partial charge in [0.25, 0.3) is 0 Å². The molecule has 8 heteroatoms. The standard InChI is InChI=1S/C30H38O8/c31-15-14-21-20(32)9-6-11-22-23(35-21)12-13-24-26(36-22)17-27-29(38-24)30(34-18-19-7-2-1-3-8-19)28-25(37-27)10-4-5-16-33-28/h1-9,12-13,20-32H,10-11,14-18H2/b9-6-/t20-,21+,22+,23-,24+,25-,26-,27+,28-,29+,30+/m0/s1. The Morgan fingerprint density at radius 3 is 2.42 bits per heavy atom. The lowest BCUT2D eigenvalue weighted by Gasteiger charge is -2.50. The summed E-state index contributed by atoms with van der Waals surface area (Å²) in [5, 5.41) is 19.9. The van der Waals surface area contributed by atoms with Crippen LogP contribution in [0.4, 0.5) is 0 Å². The van der Waals surface area contributed by atoms with Gasteiger partial charge in [0.05, 0.1) is 49.8 Å². The van der Waals surface area contributed by atoms with E-state index in [2.05, 4.69) is 18.2 Å². The molecule has 5 heterocycles. The van der Waals surface area contributed by atoms with Crippen molar-refractivity contribution in [1.29, 1.82) is 0 Å². The van der Waals surface area contributed by atoms with Gasteiger partial charge in [-0.3, -0.25) is 0 Å². The van der Waals surface area contributed by atoms with Crippen LogP contribution in [0.3, 0.4) is 0 Å². The van der Waals surface area contributed by atoms with Gasteiger partial charge in [0.2, 0.25) is 0 Å². The van der Waals surface area contributed by atoms with Crippen LogP contribution < -0.4 is 0 Å². The lowest BCUT2D eigenvalue weighted by Crippen LogP contribution is -2.64. The van der Waals surface area contributed by atoms with Gasteiger partial charge in [0.1, 0.15) is 30.5 Å². The number of benzene rings is 1. The van der Waals surface area contributed by atoms with Gasteiger partial charge >= 0.3 is 0 Å². The molecule has 1 aromatic rings. The third-order valence-corrected chi connectivity index (χ3v) is 8.12. The molecule has 38 heavy (non-hydrogen) atoms. The first-order valence-electron chi connectivity index (χ1n) is 13.9. The minimum atomic E-state index is -0.765. The summed E-state index contributed by atoms with van der Waals surface area (Å²) in [6.07, 6.45) is 10.8. The highest BCUT2D eigenvalue weighted by atomic mass is 16.6. The van der Waals surface area contributed by atoms with Gasteiger partial charge in [-0.25, -0.2) is 0 Å². The summed E-state index contributed by atoms with van der Waals surface area (Å²) in [4.78, 5) is 0. The van der Waals surface area contributed by atoms with Crippen LogP contribution in [0.5, 0.6) is 0 Å². The van der Waals surface area contributed by atoms with E-state index in [1.54, 1.807) is 6.08 Å². The molecule has 6 rings (SSSR count). The van der Waals surface area contributed by atoms with Gasteiger partial charge in [-0.05, 0) is 24.8 Å². The van der Waals surface area contributed by atoms with Gasteiger partial charge in [-0.1, -0.05) is 66.8 Å². The fraction of sp³-hybridized carbons (Fsp3) is 0.600. The molecule has 0 bridgehead atoms. The number of aliphatic hydroxyl groups excluding tert-OH is 2. The van der Waals surface area contributed by atoms with Crippen LogP contribution in [-0.4, -0.2) is 90.6 Å². The zero-order valence-electron chi connectivity index (χ0n) is 21.5. The highest BCUT2D eigenvalue weighted by molar-refractivity contribution is 5.15. The predicted molar refractivity (Wildman–Crippen MR) is 138 cm³/mol. The molecule has 0 unspecified atom stereocenters. The fourth-order valence-corrected chi connectivity index (χ4v) is 6.18. The molecule has 2 N–H and O–H groups in total. The zero-order chi connectivity index (χ0) is 25.9. The van der Waals surface area contributed by atoms with E-state index in [1.165, 1.54) is 0 Å². The van der Waals surface area contributed by atoms with E-state index in [0.717, 1.165) is 12.0 Å². The summed E-state index contributed by atoms with van der Waals surface area (Å²) in [6, 6.07) is 10.2. The number of fused-ring (bicyclic) bond motifs is 4. The lowest BCUT2D eigenvalue weighted by atomic mass is 9.87. The van der Waals surface area contributed by atoms with E-state index < -0.39 is 12.2 Å². The molecular formula is C30H38O8. The quantitative estimate of drug-likeness (QED) is 0.566. The van der Waals surface area contributed by atoms with Crippen LogP contribution >= 0.6 is 0 Å². The van der Waals surface area contributed by atoms with Gasteiger partial charge in [-0.2, -0.15) is 0 Å². The second-order valence-corrected chi connectivity index (χ2v) is 10.7. The summed E-state index contributed by atoms with van der Waals surface area (Å²) in [5.74, 6) is 0. The van der Waals surface area contributed by atoms with Crippen molar-refractivity contribution in [3.63, 3.8) is 0 Å². The first kappa shape index (κ1) is 26.3.